The van der Waals surface area contributed by atoms with Crippen LogP contribution in [0.5, 0.6) is 0 Å². The molecule has 0 heterocycles. The molecular formula is C9H12O2. The van der Waals surface area contributed by atoms with Crippen molar-refractivity contribution >= 4 is 5.97 Å². The van der Waals surface area contributed by atoms with E-state index < -0.39 is 5.97 Å². The van der Waals surface area contributed by atoms with Crippen molar-refractivity contribution in [3.05, 3.63) is 17.4 Å². The summed E-state index contributed by atoms with van der Waals surface area (Å²) in [5.74, 6) is -0.900. The third kappa shape index (κ3) is 3.06. The van der Waals surface area contributed by atoms with Crippen molar-refractivity contribution in [1.29, 1.82) is 0 Å². The van der Waals surface area contributed by atoms with E-state index >= 15 is 0 Å². The van der Waals surface area contributed by atoms with Crippen LogP contribution in [0.15, 0.2) is 17.4 Å². The Morgan fingerprint density at radius 2 is 2.00 bits per heavy atom. The highest BCUT2D eigenvalue weighted by Crippen LogP contribution is 2.21. The lowest BCUT2D eigenvalue weighted by atomic mass is 9.96. The van der Waals surface area contributed by atoms with Crippen LogP contribution in [-0.2, 0) is 4.79 Å². The summed E-state index contributed by atoms with van der Waals surface area (Å²) in [5, 5.41) is 8.31. The normalized spacial score (nSPS) is 17.3. The summed E-state index contributed by atoms with van der Waals surface area (Å²) in [6.07, 6.45) is 6.83. The molecule has 0 bridgehead atoms. The quantitative estimate of drug-likeness (QED) is 0.461. The Hall–Kier alpha value is -1.01. The molecule has 0 amide bonds. The molecule has 0 aromatic heterocycles. The second-order valence-corrected chi connectivity index (χ2v) is 2.79. The van der Waals surface area contributed by atoms with Crippen molar-refractivity contribution in [2.24, 2.45) is 0 Å². The van der Waals surface area contributed by atoms with E-state index in [2.05, 4.69) is 5.73 Å². The van der Waals surface area contributed by atoms with E-state index in [1.807, 2.05) is 0 Å². The van der Waals surface area contributed by atoms with Gasteiger partial charge < -0.3 is 5.11 Å². The molecule has 2 heteroatoms. The molecule has 0 aromatic carbocycles. The Kier molecular flexibility index (Phi) is 2.94. The second-order valence-electron chi connectivity index (χ2n) is 2.79. The molecule has 11 heavy (non-hydrogen) atoms. The summed E-state index contributed by atoms with van der Waals surface area (Å²) in [6, 6.07) is 0. The Balaban J connectivity index is 2.56. The first-order chi connectivity index (χ1) is 5.29. The number of rotatable bonds is 1. The van der Waals surface area contributed by atoms with Crippen LogP contribution in [0.3, 0.4) is 0 Å². The summed E-state index contributed by atoms with van der Waals surface area (Å²) < 4.78 is 0. The third-order valence-corrected chi connectivity index (χ3v) is 1.86. The van der Waals surface area contributed by atoms with E-state index in [1.165, 1.54) is 24.8 Å². The number of aliphatic carboxylic acids is 1. The topological polar surface area (TPSA) is 37.3 Å². The number of carboxylic acid groups (broad SMARTS) is 1. The number of hydrogen-bond acceptors (Lipinski definition) is 1. The average molecular weight is 152 g/mol. The van der Waals surface area contributed by atoms with Crippen LogP contribution >= 0.6 is 0 Å². The summed E-state index contributed by atoms with van der Waals surface area (Å²) in [5.41, 5.74) is 3.98. The molecule has 1 aliphatic carbocycles. The fraction of sp³-hybridized carbons (Fsp3) is 0.556. The predicted molar refractivity (Wildman–Crippen MR) is 42.3 cm³/mol. The van der Waals surface area contributed by atoms with Gasteiger partial charge in [-0.3, -0.25) is 0 Å². The van der Waals surface area contributed by atoms with Crippen molar-refractivity contribution < 1.29 is 9.90 Å². The van der Waals surface area contributed by atoms with E-state index in [-0.39, 0.29) is 0 Å². The molecule has 0 aliphatic heterocycles. The van der Waals surface area contributed by atoms with E-state index in [1.54, 1.807) is 0 Å². The molecule has 0 spiro atoms. The zero-order valence-corrected chi connectivity index (χ0v) is 6.47. The maximum Gasteiger partial charge on any atom is 0.336 e. The molecule has 60 valence electrons. The van der Waals surface area contributed by atoms with Gasteiger partial charge in [-0.2, -0.15) is 0 Å². The van der Waals surface area contributed by atoms with Gasteiger partial charge in [0, 0.05) is 0 Å². The van der Waals surface area contributed by atoms with Gasteiger partial charge in [0.1, 0.15) is 0 Å². The Morgan fingerprint density at radius 3 is 2.55 bits per heavy atom. The fourth-order valence-electron chi connectivity index (χ4n) is 1.29. The minimum absolute atomic E-state index is 0.900. The smallest absolute Gasteiger partial charge is 0.336 e. The molecule has 0 radical (unpaired) electrons. The zero-order chi connectivity index (χ0) is 8.10. The minimum Gasteiger partial charge on any atom is -0.478 e. The highest BCUT2D eigenvalue weighted by molar-refractivity contribution is 5.79. The average Bonchev–Trinajstić information content (AvgIpc) is 2.03. The molecule has 0 aromatic rings. The second kappa shape index (κ2) is 3.99. The Labute approximate surface area is 66.2 Å². The highest BCUT2D eigenvalue weighted by Gasteiger charge is 2.03. The molecule has 1 rings (SSSR count). The van der Waals surface area contributed by atoms with Gasteiger partial charge in [-0.05, 0) is 31.3 Å². The Morgan fingerprint density at radius 1 is 1.36 bits per heavy atom. The number of carboxylic acids is 1. The van der Waals surface area contributed by atoms with Crippen LogP contribution in [0, 0.1) is 0 Å². The van der Waals surface area contributed by atoms with Crippen LogP contribution in [0.4, 0.5) is 0 Å². The van der Waals surface area contributed by atoms with Crippen molar-refractivity contribution in [3.8, 4) is 0 Å². The largest absolute Gasteiger partial charge is 0.478 e. The van der Waals surface area contributed by atoms with E-state index in [0.717, 1.165) is 18.9 Å². The highest BCUT2D eigenvalue weighted by atomic mass is 16.4. The molecule has 1 N–H and O–H groups in total. The maximum absolute atomic E-state index is 10.1. The molecule has 0 saturated heterocycles. The lowest BCUT2D eigenvalue weighted by molar-refractivity contribution is -0.131. The summed E-state index contributed by atoms with van der Waals surface area (Å²) in [7, 11) is 0. The van der Waals surface area contributed by atoms with Gasteiger partial charge >= 0.3 is 5.97 Å². The van der Waals surface area contributed by atoms with Crippen LogP contribution < -0.4 is 0 Å². The first-order valence-corrected chi connectivity index (χ1v) is 3.96. The van der Waals surface area contributed by atoms with Gasteiger partial charge in [-0.1, -0.05) is 6.42 Å². The summed E-state index contributed by atoms with van der Waals surface area (Å²) in [4.78, 5) is 10.1. The zero-order valence-electron chi connectivity index (χ0n) is 6.47. The number of hydrogen-bond donors (Lipinski definition) is 1. The van der Waals surface area contributed by atoms with Crippen LogP contribution in [-0.4, -0.2) is 11.1 Å². The van der Waals surface area contributed by atoms with E-state index in [0.29, 0.717) is 0 Å². The first kappa shape index (κ1) is 8.09. The SMILES string of the molecule is O=C(O)C=C=C1CCCCC1. The molecule has 1 fully saturated rings. The predicted octanol–water partition coefficient (Wildman–Crippen LogP) is 2.12. The fourth-order valence-corrected chi connectivity index (χ4v) is 1.29. The van der Waals surface area contributed by atoms with Crippen molar-refractivity contribution in [2.75, 3.05) is 0 Å². The lowest BCUT2D eigenvalue weighted by Crippen LogP contribution is -1.92. The third-order valence-electron chi connectivity index (χ3n) is 1.86. The standard InChI is InChI=1S/C9H12O2/c10-9(11)7-6-8-4-2-1-3-5-8/h7H,1-5H2,(H,10,11). The summed E-state index contributed by atoms with van der Waals surface area (Å²) >= 11 is 0. The van der Waals surface area contributed by atoms with Crippen molar-refractivity contribution in [1.82, 2.24) is 0 Å². The molecule has 1 aliphatic rings. The first-order valence-electron chi connectivity index (χ1n) is 3.96. The van der Waals surface area contributed by atoms with Gasteiger partial charge in [-0.25, -0.2) is 4.79 Å². The monoisotopic (exact) mass is 152 g/mol. The van der Waals surface area contributed by atoms with E-state index in [4.69, 9.17) is 5.11 Å². The maximum atomic E-state index is 10.1. The van der Waals surface area contributed by atoms with Crippen LogP contribution in [0.25, 0.3) is 0 Å². The molecule has 0 atom stereocenters. The van der Waals surface area contributed by atoms with Gasteiger partial charge in [0.05, 0.1) is 6.08 Å². The Bertz CT molecular complexity index is 202. The van der Waals surface area contributed by atoms with Crippen molar-refractivity contribution in [2.45, 2.75) is 32.1 Å². The summed E-state index contributed by atoms with van der Waals surface area (Å²) in [6.45, 7) is 0. The molecule has 1 saturated carbocycles. The molecular weight excluding hydrogens is 140 g/mol. The van der Waals surface area contributed by atoms with E-state index in [9.17, 15) is 4.79 Å². The lowest BCUT2D eigenvalue weighted by Gasteiger charge is -2.09. The van der Waals surface area contributed by atoms with Gasteiger partial charge in [0.15, 0.2) is 0 Å². The van der Waals surface area contributed by atoms with Crippen LogP contribution in [0.2, 0.25) is 0 Å². The van der Waals surface area contributed by atoms with Crippen LogP contribution in [0.1, 0.15) is 32.1 Å². The minimum atomic E-state index is -0.900. The van der Waals surface area contributed by atoms with Gasteiger partial charge in [0.2, 0.25) is 0 Å². The number of carbonyl (C=O) groups is 1. The van der Waals surface area contributed by atoms with Crippen molar-refractivity contribution in [3.63, 3.8) is 0 Å². The van der Waals surface area contributed by atoms with Gasteiger partial charge in [-0.15, -0.1) is 5.73 Å². The van der Waals surface area contributed by atoms with Gasteiger partial charge in [0.25, 0.3) is 0 Å². The molecule has 0 unspecified atom stereocenters. The molecule has 2 nitrogen and oxygen atoms in total.